The molecule has 0 aromatic carbocycles. The standard InChI is InChI=1S/C18H21ClN6O2/c1-5-6-7-24-13-15(19)22-17(20)23-16(13)25(18(24)26)9-12-11(3)14(27-4)10(2)8-21-12/h5,8H,1,6-7,9H2,2-4H3,(H2,20,22,23). The normalized spacial score (nSPS) is 11.1. The highest BCUT2D eigenvalue weighted by molar-refractivity contribution is 6.33. The number of aryl methyl sites for hydroxylation is 2. The second-order valence-electron chi connectivity index (χ2n) is 6.19. The molecule has 0 aliphatic rings. The number of rotatable bonds is 6. The van der Waals surface area contributed by atoms with Crippen LogP contribution in [0.1, 0.15) is 23.2 Å². The van der Waals surface area contributed by atoms with Gasteiger partial charge in [-0.25, -0.2) is 4.79 Å². The summed E-state index contributed by atoms with van der Waals surface area (Å²) >= 11 is 6.27. The van der Waals surface area contributed by atoms with Crippen LogP contribution in [0.2, 0.25) is 5.15 Å². The summed E-state index contributed by atoms with van der Waals surface area (Å²) in [6.07, 6.45) is 4.06. The minimum atomic E-state index is -0.255. The number of nitrogen functional groups attached to an aromatic ring is 1. The maximum Gasteiger partial charge on any atom is 0.330 e. The van der Waals surface area contributed by atoms with Gasteiger partial charge in [-0.2, -0.15) is 9.97 Å². The van der Waals surface area contributed by atoms with Gasteiger partial charge in [0.15, 0.2) is 10.8 Å². The first-order chi connectivity index (χ1) is 12.9. The molecule has 0 saturated heterocycles. The molecule has 8 nitrogen and oxygen atoms in total. The third-order valence-corrected chi connectivity index (χ3v) is 4.71. The fourth-order valence-electron chi connectivity index (χ4n) is 3.14. The SMILES string of the molecule is C=CCCn1c(=O)n(Cc2ncc(C)c(OC)c2C)c2nc(N)nc(Cl)c21. The predicted octanol–water partition coefficient (Wildman–Crippen LogP) is 2.47. The summed E-state index contributed by atoms with van der Waals surface area (Å²) in [4.78, 5) is 25.8. The third-order valence-electron chi connectivity index (χ3n) is 4.44. The number of nitrogens with two attached hydrogens (primary N) is 1. The molecule has 0 radical (unpaired) electrons. The van der Waals surface area contributed by atoms with Gasteiger partial charge >= 0.3 is 5.69 Å². The number of hydrogen-bond donors (Lipinski definition) is 1. The molecule has 0 aliphatic carbocycles. The van der Waals surface area contributed by atoms with Gasteiger partial charge in [0.1, 0.15) is 11.3 Å². The van der Waals surface area contributed by atoms with E-state index in [-0.39, 0.29) is 23.3 Å². The number of fused-ring (bicyclic) bond motifs is 1. The average molecular weight is 389 g/mol. The number of hydrogen-bond acceptors (Lipinski definition) is 6. The van der Waals surface area contributed by atoms with E-state index in [2.05, 4.69) is 21.5 Å². The molecule has 0 unspecified atom stereocenters. The minimum absolute atomic E-state index is 0.00767. The molecule has 0 bridgehead atoms. The maximum atomic E-state index is 13.1. The van der Waals surface area contributed by atoms with Crippen LogP contribution in [0.4, 0.5) is 5.95 Å². The van der Waals surface area contributed by atoms with Crippen LogP contribution >= 0.6 is 11.6 Å². The van der Waals surface area contributed by atoms with Crippen LogP contribution in [0.5, 0.6) is 5.75 Å². The number of allylic oxidation sites excluding steroid dienone is 1. The molecule has 0 fully saturated rings. The number of methoxy groups -OCH3 is 1. The Morgan fingerprint density at radius 1 is 1.33 bits per heavy atom. The van der Waals surface area contributed by atoms with Crippen LogP contribution in [0.25, 0.3) is 11.2 Å². The fraction of sp³-hybridized carbons (Fsp3) is 0.333. The topological polar surface area (TPSA) is 101 Å². The van der Waals surface area contributed by atoms with Gasteiger partial charge in [0.05, 0.1) is 19.3 Å². The largest absolute Gasteiger partial charge is 0.496 e. The zero-order chi connectivity index (χ0) is 19.7. The lowest BCUT2D eigenvalue weighted by Crippen LogP contribution is -2.25. The summed E-state index contributed by atoms with van der Waals surface area (Å²) in [7, 11) is 1.61. The molecule has 3 aromatic heterocycles. The lowest BCUT2D eigenvalue weighted by Gasteiger charge is -2.12. The highest BCUT2D eigenvalue weighted by atomic mass is 35.5. The zero-order valence-corrected chi connectivity index (χ0v) is 16.2. The highest BCUT2D eigenvalue weighted by Crippen LogP contribution is 2.26. The number of anilines is 1. The van der Waals surface area contributed by atoms with Gasteiger partial charge in [-0.3, -0.25) is 14.1 Å². The molecule has 0 atom stereocenters. The van der Waals surface area contributed by atoms with Crippen LogP contribution in [0.15, 0.2) is 23.6 Å². The van der Waals surface area contributed by atoms with E-state index < -0.39 is 0 Å². The molecule has 3 aromatic rings. The van der Waals surface area contributed by atoms with Gasteiger partial charge in [0.25, 0.3) is 0 Å². The molecule has 0 aliphatic heterocycles. The molecule has 0 amide bonds. The van der Waals surface area contributed by atoms with Crippen molar-refractivity contribution in [3.05, 3.63) is 51.3 Å². The Bertz CT molecular complexity index is 1090. The molecule has 3 heterocycles. The summed E-state index contributed by atoms with van der Waals surface area (Å²) in [6.45, 7) is 8.17. The average Bonchev–Trinajstić information content (AvgIpc) is 2.88. The smallest absolute Gasteiger partial charge is 0.330 e. The molecule has 142 valence electrons. The summed E-state index contributed by atoms with van der Waals surface area (Å²) in [6, 6.07) is 0. The summed E-state index contributed by atoms with van der Waals surface area (Å²) in [5.41, 5.74) is 8.83. The Morgan fingerprint density at radius 3 is 2.74 bits per heavy atom. The second-order valence-corrected chi connectivity index (χ2v) is 6.55. The number of halogens is 1. The highest BCUT2D eigenvalue weighted by Gasteiger charge is 2.20. The van der Waals surface area contributed by atoms with Crippen molar-refractivity contribution in [2.24, 2.45) is 0 Å². The van der Waals surface area contributed by atoms with Crippen molar-refractivity contribution in [1.29, 1.82) is 0 Å². The van der Waals surface area contributed by atoms with Crippen molar-refractivity contribution in [1.82, 2.24) is 24.1 Å². The van der Waals surface area contributed by atoms with E-state index in [0.29, 0.717) is 29.8 Å². The molecule has 0 spiro atoms. The number of pyridine rings is 1. The van der Waals surface area contributed by atoms with Crippen molar-refractivity contribution in [3.63, 3.8) is 0 Å². The van der Waals surface area contributed by atoms with E-state index >= 15 is 0 Å². The van der Waals surface area contributed by atoms with Crippen molar-refractivity contribution < 1.29 is 4.74 Å². The van der Waals surface area contributed by atoms with Gasteiger partial charge in [0, 0.05) is 23.9 Å². The Balaban J connectivity index is 2.22. The molecule has 2 N–H and O–H groups in total. The first-order valence-electron chi connectivity index (χ1n) is 8.41. The van der Waals surface area contributed by atoms with Gasteiger partial charge < -0.3 is 10.5 Å². The molecular formula is C18H21ClN6O2. The second kappa shape index (κ2) is 7.40. The summed E-state index contributed by atoms with van der Waals surface area (Å²) in [5.74, 6) is 0.754. The van der Waals surface area contributed by atoms with E-state index in [4.69, 9.17) is 22.1 Å². The van der Waals surface area contributed by atoms with Crippen LogP contribution in [-0.2, 0) is 13.1 Å². The summed E-state index contributed by atoms with van der Waals surface area (Å²) < 4.78 is 8.51. The monoisotopic (exact) mass is 388 g/mol. The summed E-state index contributed by atoms with van der Waals surface area (Å²) in [5, 5.41) is 0.142. The molecule has 3 rings (SSSR count). The minimum Gasteiger partial charge on any atom is -0.496 e. The van der Waals surface area contributed by atoms with Crippen LogP contribution < -0.4 is 16.2 Å². The first kappa shape index (κ1) is 18.9. The lowest BCUT2D eigenvalue weighted by molar-refractivity contribution is 0.406. The van der Waals surface area contributed by atoms with Crippen molar-refractivity contribution >= 4 is 28.7 Å². The van der Waals surface area contributed by atoms with E-state index in [1.165, 1.54) is 4.57 Å². The van der Waals surface area contributed by atoms with Crippen LogP contribution in [0.3, 0.4) is 0 Å². The number of ether oxygens (including phenoxy) is 1. The number of nitrogens with zero attached hydrogens (tertiary/aromatic N) is 5. The van der Waals surface area contributed by atoms with Crippen LogP contribution in [-0.4, -0.2) is 31.2 Å². The molecule has 27 heavy (non-hydrogen) atoms. The number of aromatic nitrogens is 5. The fourth-order valence-corrected chi connectivity index (χ4v) is 3.41. The van der Waals surface area contributed by atoms with E-state index in [1.54, 1.807) is 23.9 Å². The van der Waals surface area contributed by atoms with Gasteiger partial charge in [0.2, 0.25) is 5.95 Å². The van der Waals surface area contributed by atoms with Gasteiger partial charge in [-0.15, -0.1) is 6.58 Å². The van der Waals surface area contributed by atoms with Crippen molar-refractivity contribution in [3.8, 4) is 5.75 Å². The Labute approximate surface area is 161 Å². The van der Waals surface area contributed by atoms with Gasteiger partial charge in [-0.05, 0) is 20.3 Å². The van der Waals surface area contributed by atoms with Crippen molar-refractivity contribution in [2.75, 3.05) is 12.8 Å². The first-order valence-corrected chi connectivity index (χ1v) is 8.78. The lowest BCUT2D eigenvalue weighted by atomic mass is 10.1. The quantitative estimate of drug-likeness (QED) is 0.514. The Kier molecular flexibility index (Phi) is 5.18. The zero-order valence-electron chi connectivity index (χ0n) is 15.5. The van der Waals surface area contributed by atoms with Crippen LogP contribution in [0, 0.1) is 13.8 Å². The van der Waals surface area contributed by atoms with Crippen molar-refractivity contribution in [2.45, 2.75) is 33.4 Å². The van der Waals surface area contributed by atoms with Gasteiger partial charge in [-0.1, -0.05) is 17.7 Å². The van der Waals surface area contributed by atoms with E-state index in [9.17, 15) is 4.79 Å². The Hall–Kier alpha value is -2.87. The molecular weight excluding hydrogens is 368 g/mol. The third kappa shape index (κ3) is 3.28. The van der Waals surface area contributed by atoms with E-state index in [0.717, 1.165) is 16.9 Å². The number of imidazole rings is 1. The Morgan fingerprint density at radius 2 is 2.07 bits per heavy atom. The van der Waals surface area contributed by atoms with E-state index in [1.807, 2.05) is 13.8 Å². The predicted molar refractivity (Wildman–Crippen MR) is 105 cm³/mol. The molecule has 9 heteroatoms. The maximum absolute atomic E-state index is 13.1. The molecule has 0 saturated carbocycles.